The van der Waals surface area contributed by atoms with Gasteiger partial charge >= 0.3 is 100 Å². The van der Waals surface area contributed by atoms with Crippen LogP contribution in [0.15, 0.2) is 22.1 Å². The van der Waals surface area contributed by atoms with Crippen molar-refractivity contribution in [3.63, 3.8) is 0 Å². The molecule has 4 heteroatoms. The molecule has 0 aliphatic heterocycles. The molecule has 1 aliphatic carbocycles. The summed E-state index contributed by atoms with van der Waals surface area (Å²) in [6.07, 6.45) is 9.35. The van der Waals surface area contributed by atoms with E-state index in [1.54, 1.807) is 3.88 Å². The third kappa shape index (κ3) is 3.64. The summed E-state index contributed by atoms with van der Waals surface area (Å²) in [6.45, 7) is 2.33. The van der Waals surface area contributed by atoms with Crippen LogP contribution in [-0.2, 0) is 14.0 Å². The molecule has 0 bridgehead atoms. The molecule has 0 saturated carbocycles. The molecule has 1 unspecified atom stereocenters. The van der Waals surface area contributed by atoms with E-state index in [0.717, 1.165) is 0 Å². The standard InChI is InChI=1S/C5H12N.C5H5.4CH3.2ClH.Ti/c1-4-5-6(2)3;1-2-4-5-3-1;;;;;;;/h5H,4H2,1-3H3;1-3H,4H2;4*1H3;2*1H;. The van der Waals surface area contributed by atoms with Crippen LogP contribution >= 0.6 is 24.8 Å². The van der Waals surface area contributed by atoms with Gasteiger partial charge in [-0.1, -0.05) is 0 Å². The molecule has 1 nitrogen and oxygen atoms in total. The first-order chi connectivity index (χ1) is 7.02. The average molecular weight is 332 g/mol. The van der Waals surface area contributed by atoms with Gasteiger partial charge in [-0.05, 0) is 0 Å². The van der Waals surface area contributed by atoms with Crippen LogP contribution in [0.1, 0.15) is 19.8 Å². The van der Waals surface area contributed by atoms with E-state index in [4.69, 9.17) is 0 Å². The summed E-state index contributed by atoms with van der Waals surface area (Å²) in [5, 5.41) is 10.4. The Hall–Kier alpha value is 0.734. The fraction of sp³-hybridized carbons (Fsp3) is 0.714. The van der Waals surface area contributed by atoms with Gasteiger partial charge in [0.05, 0.1) is 0 Å². The van der Waals surface area contributed by atoms with E-state index in [0.29, 0.717) is 4.35 Å². The predicted octanol–water partition coefficient (Wildman–Crippen LogP) is 5.39. The molecule has 0 aromatic carbocycles. The van der Waals surface area contributed by atoms with Crippen LogP contribution in [0.4, 0.5) is 0 Å². The summed E-state index contributed by atoms with van der Waals surface area (Å²) in [5.41, 5.74) is 0. The Balaban J connectivity index is 0. The van der Waals surface area contributed by atoms with Crippen molar-refractivity contribution < 1.29 is 14.0 Å². The number of allylic oxidation sites excluding steroid dienone is 4. The first-order valence-corrected chi connectivity index (χ1v) is 14.5. The molecule has 0 saturated heterocycles. The number of hydrogen-bond acceptors (Lipinski definition) is 1. The van der Waals surface area contributed by atoms with Gasteiger partial charge in [0.25, 0.3) is 0 Å². The zero-order chi connectivity index (χ0) is 12.7. The van der Waals surface area contributed by atoms with Gasteiger partial charge < -0.3 is 0 Å². The second kappa shape index (κ2) is 5.62. The maximum atomic E-state index is 2.59. The molecule has 0 spiro atoms. The first kappa shape index (κ1) is 21.0. The zero-order valence-corrected chi connectivity index (χ0v) is 16.2. The van der Waals surface area contributed by atoms with Gasteiger partial charge in [0.1, 0.15) is 0 Å². The molecule has 1 aliphatic rings. The van der Waals surface area contributed by atoms with Gasteiger partial charge in [-0.15, -0.1) is 24.8 Å². The smallest absolute Gasteiger partial charge is 0.147 e. The third-order valence-corrected chi connectivity index (χ3v) is 16.0. The van der Waals surface area contributed by atoms with Crippen LogP contribution in [-0.4, -0.2) is 23.3 Å². The van der Waals surface area contributed by atoms with Crippen molar-refractivity contribution in [1.29, 1.82) is 0 Å². The summed E-state index contributed by atoms with van der Waals surface area (Å²) >= 11 is -3.07. The summed E-state index contributed by atoms with van der Waals surface area (Å²) in [5.74, 6) is 0. The number of rotatable bonds is 4. The summed E-state index contributed by atoms with van der Waals surface area (Å²) < 4.78 is 2.44. The van der Waals surface area contributed by atoms with Crippen LogP contribution in [0.2, 0.25) is 20.9 Å². The SMILES string of the molecule is CC[CH](N(C)C)[Ti]([CH3])([CH3])([CH3])([CH3])[C]1=CC=CC1.Cl.Cl. The maximum Gasteiger partial charge on any atom is -0.147 e. The summed E-state index contributed by atoms with van der Waals surface area (Å²) in [7, 11) is 4.47. The van der Waals surface area contributed by atoms with E-state index >= 15 is 0 Å². The zero-order valence-electron chi connectivity index (χ0n) is 13.0. The molecular weight excluding hydrogens is 301 g/mol. The quantitative estimate of drug-likeness (QED) is 0.624. The van der Waals surface area contributed by atoms with Crippen molar-refractivity contribution in [2.24, 2.45) is 0 Å². The molecule has 110 valence electrons. The first-order valence-electron chi connectivity index (χ1n) is 6.52. The molecule has 0 aromatic rings. The van der Waals surface area contributed by atoms with Crippen LogP contribution in [0, 0.1) is 0 Å². The van der Waals surface area contributed by atoms with Gasteiger partial charge in [-0.3, -0.25) is 0 Å². The molecule has 0 amide bonds. The van der Waals surface area contributed by atoms with Crippen molar-refractivity contribution >= 4 is 24.8 Å². The van der Waals surface area contributed by atoms with Gasteiger partial charge in [-0.2, -0.15) is 0 Å². The topological polar surface area (TPSA) is 3.24 Å². The molecule has 0 radical (unpaired) electrons. The van der Waals surface area contributed by atoms with E-state index in [9.17, 15) is 0 Å². The number of nitrogens with zero attached hydrogens (tertiary/aromatic N) is 1. The van der Waals surface area contributed by atoms with E-state index in [1.807, 2.05) is 0 Å². The molecular formula is C14H31Cl2NTi. The molecule has 1 atom stereocenters. The fourth-order valence-corrected chi connectivity index (χ4v) is 14.1. The molecule has 0 heterocycles. The van der Waals surface area contributed by atoms with Crippen molar-refractivity contribution in [2.75, 3.05) is 14.1 Å². The fourth-order valence-electron chi connectivity index (χ4n) is 3.96. The van der Waals surface area contributed by atoms with Crippen molar-refractivity contribution in [3.05, 3.63) is 22.1 Å². The van der Waals surface area contributed by atoms with Gasteiger partial charge in [-0.25, -0.2) is 0 Å². The Morgan fingerprint density at radius 2 is 1.67 bits per heavy atom. The molecule has 0 fully saturated rings. The summed E-state index contributed by atoms with van der Waals surface area (Å²) in [4.78, 5) is 2.45. The third-order valence-electron chi connectivity index (χ3n) is 4.75. The van der Waals surface area contributed by atoms with Crippen LogP contribution in [0.25, 0.3) is 0 Å². The Morgan fingerprint density at radius 1 is 1.17 bits per heavy atom. The number of hydrogen-bond donors (Lipinski definition) is 0. The molecule has 18 heavy (non-hydrogen) atoms. The molecule has 1 rings (SSSR count). The second-order valence-electron chi connectivity index (χ2n) is 8.51. The van der Waals surface area contributed by atoms with E-state index < -0.39 is 14.0 Å². The molecule has 0 aromatic heterocycles. The normalized spacial score (nSPS) is 20.3. The van der Waals surface area contributed by atoms with Gasteiger partial charge in [0.15, 0.2) is 0 Å². The maximum absolute atomic E-state index is 3.07. The minimum atomic E-state index is -3.07. The second-order valence-corrected chi connectivity index (χ2v) is 27.1. The summed E-state index contributed by atoms with van der Waals surface area (Å²) in [6, 6.07) is 0. The van der Waals surface area contributed by atoms with Crippen LogP contribution in [0.3, 0.4) is 0 Å². The Kier molecular flexibility index (Phi) is 6.57. The predicted molar refractivity (Wildman–Crippen MR) is 87.6 cm³/mol. The van der Waals surface area contributed by atoms with Gasteiger partial charge in [0.2, 0.25) is 0 Å². The van der Waals surface area contributed by atoms with E-state index in [2.05, 4.69) is 65.1 Å². The largest absolute Gasteiger partial charge is 0.147 e. The minimum absolute atomic E-state index is 0. The van der Waals surface area contributed by atoms with E-state index in [1.165, 1.54) is 12.8 Å². The van der Waals surface area contributed by atoms with E-state index in [-0.39, 0.29) is 24.8 Å². The van der Waals surface area contributed by atoms with Gasteiger partial charge in [0, 0.05) is 0 Å². The van der Waals surface area contributed by atoms with Crippen LogP contribution in [0.5, 0.6) is 0 Å². The monoisotopic (exact) mass is 331 g/mol. The minimum Gasteiger partial charge on any atom is -0.147 e. The molecule has 0 N–H and O–H groups in total. The Labute approximate surface area is 124 Å². The van der Waals surface area contributed by atoms with Crippen molar-refractivity contribution in [1.82, 2.24) is 4.90 Å². The number of halogens is 2. The Morgan fingerprint density at radius 3 is 1.94 bits per heavy atom. The average Bonchev–Trinajstić information content (AvgIpc) is 2.52. The van der Waals surface area contributed by atoms with Crippen molar-refractivity contribution in [2.45, 2.75) is 45.0 Å². The van der Waals surface area contributed by atoms with Crippen molar-refractivity contribution in [3.8, 4) is 0 Å². The van der Waals surface area contributed by atoms with Crippen LogP contribution < -0.4 is 0 Å². The Bertz CT molecular complexity index is 348.